The van der Waals surface area contributed by atoms with Crippen molar-refractivity contribution >= 4 is 5.97 Å². The molecule has 90 valence electrons. The Labute approximate surface area is 103 Å². The molecule has 0 aromatic heterocycles. The van der Waals surface area contributed by atoms with Gasteiger partial charge in [0.25, 0.3) is 0 Å². The summed E-state index contributed by atoms with van der Waals surface area (Å²) in [5, 5.41) is 8.41. The minimum absolute atomic E-state index is 0.232. The topological polar surface area (TPSA) is 37.3 Å². The van der Waals surface area contributed by atoms with Gasteiger partial charge in [-0.1, -0.05) is 30.1 Å². The molecular formula is C15H18O2. The van der Waals surface area contributed by atoms with Crippen LogP contribution in [0.3, 0.4) is 0 Å². The highest BCUT2D eigenvalue weighted by Crippen LogP contribution is 1.98. The molecule has 0 spiro atoms. The molecule has 0 saturated carbocycles. The third-order valence-electron chi connectivity index (χ3n) is 1.93. The Morgan fingerprint density at radius 3 is 2.76 bits per heavy atom. The molecule has 17 heavy (non-hydrogen) atoms. The molecule has 0 amide bonds. The molecule has 0 fully saturated rings. The van der Waals surface area contributed by atoms with Crippen LogP contribution in [0.2, 0.25) is 0 Å². The lowest BCUT2D eigenvalue weighted by Crippen LogP contribution is -1.92. The fraction of sp³-hybridized carbons (Fsp3) is 0.400. The molecule has 0 aliphatic rings. The quantitative estimate of drug-likeness (QED) is 0.414. The summed E-state index contributed by atoms with van der Waals surface area (Å²) in [6.45, 7) is 0. The lowest BCUT2D eigenvalue weighted by atomic mass is 10.2. The second kappa shape index (κ2) is 12.1. The van der Waals surface area contributed by atoms with Crippen molar-refractivity contribution in [2.75, 3.05) is 0 Å². The Kier molecular flexibility index (Phi) is 10.8. The van der Waals surface area contributed by atoms with Gasteiger partial charge in [-0.05, 0) is 25.3 Å². The van der Waals surface area contributed by atoms with Crippen LogP contribution in [0.4, 0.5) is 0 Å². The van der Waals surface area contributed by atoms with Crippen molar-refractivity contribution in [3.8, 4) is 24.2 Å². The molecule has 2 nitrogen and oxygen atoms in total. The average Bonchev–Trinajstić information content (AvgIpc) is 2.30. The van der Waals surface area contributed by atoms with E-state index in [0.29, 0.717) is 6.42 Å². The molecule has 0 aromatic rings. The van der Waals surface area contributed by atoms with E-state index in [-0.39, 0.29) is 6.42 Å². The Balaban J connectivity index is 3.48. The van der Waals surface area contributed by atoms with Gasteiger partial charge in [0.15, 0.2) is 0 Å². The number of carboxylic acid groups (broad SMARTS) is 1. The summed E-state index contributed by atoms with van der Waals surface area (Å²) in [5.74, 6) is 7.68. The molecule has 1 N–H and O–H groups in total. The zero-order valence-electron chi connectivity index (χ0n) is 9.98. The third kappa shape index (κ3) is 14.1. The second-order valence-electron chi connectivity index (χ2n) is 3.45. The standard InChI is InChI=1S/C15H18O2/c1-2-3-4-5-6-7-8-9-10-11-12-13-14-15(16)17/h1,5-8H,3-4,11-14H2,(H,16,17)/b6-5+,8-7+. The number of carbonyl (C=O) groups is 1. The van der Waals surface area contributed by atoms with Gasteiger partial charge in [-0.25, -0.2) is 0 Å². The molecule has 0 aliphatic carbocycles. The number of unbranched alkanes of at least 4 members (excludes halogenated alkanes) is 3. The Bertz CT molecular complexity index is 359. The van der Waals surface area contributed by atoms with Gasteiger partial charge in [-0.15, -0.1) is 12.3 Å². The monoisotopic (exact) mass is 230 g/mol. The van der Waals surface area contributed by atoms with Crippen molar-refractivity contribution in [3.63, 3.8) is 0 Å². The summed E-state index contributed by atoms with van der Waals surface area (Å²) in [5.41, 5.74) is 0. The van der Waals surface area contributed by atoms with Crippen molar-refractivity contribution in [1.29, 1.82) is 0 Å². The highest BCUT2D eigenvalue weighted by molar-refractivity contribution is 5.66. The van der Waals surface area contributed by atoms with E-state index >= 15 is 0 Å². The van der Waals surface area contributed by atoms with Gasteiger partial charge in [0.05, 0.1) is 0 Å². The van der Waals surface area contributed by atoms with Gasteiger partial charge in [-0.2, -0.15) is 0 Å². The van der Waals surface area contributed by atoms with E-state index in [1.54, 1.807) is 6.08 Å². The summed E-state index contributed by atoms with van der Waals surface area (Å²) in [6.07, 6.45) is 16.9. The van der Waals surface area contributed by atoms with E-state index < -0.39 is 5.97 Å². The predicted octanol–water partition coefficient (Wildman–Crippen LogP) is 3.16. The minimum atomic E-state index is -0.741. The van der Waals surface area contributed by atoms with Gasteiger partial charge >= 0.3 is 5.97 Å². The summed E-state index contributed by atoms with van der Waals surface area (Å²) in [6, 6.07) is 0. The predicted molar refractivity (Wildman–Crippen MR) is 70.2 cm³/mol. The maximum Gasteiger partial charge on any atom is 0.303 e. The van der Waals surface area contributed by atoms with E-state index in [0.717, 1.165) is 25.7 Å². The molecule has 0 saturated heterocycles. The van der Waals surface area contributed by atoms with Crippen molar-refractivity contribution < 1.29 is 9.90 Å². The number of hydrogen-bond donors (Lipinski definition) is 1. The van der Waals surface area contributed by atoms with Crippen molar-refractivity contribution in [1.82, 2.24) is 0 Å². The number of hydrogen-bond acceptors (Lipinski definition) is 1. The third-order valence-corrected chi connectivity index (χ3v) is 1.93. The van der Waals surface area contributed by atoms with Crippen LogP contribution in [0.5, 0.6) is 0 Å². The van der Waals surface area contributed by atoms with Crippen LogP contribution in [0, 0.1) is 24.2 Å². The van der Waals surface area contributed by atoms with Gasteiger partial charge in [0.2, 0.25) is 0 Å². The largest absolute Gasteiger partial charge is 0.481 e. The number of allylic oxidation sites excluding steroid dienone is 4. The molecule has 0 atom stereocenters. The Hall–Kier alpha value is -1.93. The fourth-order valence-electron chi connectivity index (χ4n) is 1.07. The van der Waals surface area contributed by atoms with Crippen molar-refractivity contribution in [2.45, 2.75) is 38.5 Å². The molecule has 0 rings (SSSR count). The first kappa shape index (κ1) is 15.1. The van der Waals surface area contributed by atoms with Gasteiger partial charge < -0.3 is 5.11 Å². The summed E-state index contributed by atoms with van der Waals surface area (Å²) in [7, 11) is 0. The molecule has 0 aliphatic heterocycles. The Morgan fingerprint density at radius 2 is 2.06 bits per heavy atom. The van der Waals surface area contributed by atoms with Crippen LogP contribution in [0.25, 0.3) is 0 Å². The molecule has 2 heteroatoms. The maximum absolute atomic E-state index is 10.2. The first-order valence-corrected chi connectivity index (χ1v) is 5.72. The summed E-state index contributed by atoms with van der Waals surface area (Å²) < 4.78 is 0. The lowest BCUT2D eigenvalue weighted by molar-refractivity contribution is -0.137. The normalized spacial score (nSPS) is 10.1. The highest BCUT2D eigenvalue weighted by Gasteiger charge is 1.93. The van der Waals surface area contributed by atoms with Crippen LogP contribution in [0.15, 0.2) is 24.3 Å². The zero-order chi connectivity index (χ0) is 12.8. The highest BCUT2D eigenvalue weighted by atomic mass is 16.4. The number of rotatable bonds is 7. The van der Waals surface area contributed by atoms with Crippen molar-refractivity contribution in [2.24, 2.45) is 0 Å². The molecule has 0 radical (unpaired) electrons. The van der Waals surface area contributed by atoms with Crippen LogP contribution >= 0.6 is 0 Å². The number of terminal acetylenes is 1. The first-order valence-electron chi connectivity index (χ1n) is 5.72. The second-order valence-corrected chi connectivity index (χ2v) is 3.45. The lowest BCUT2D eigenvalue weighted by Gasteiger charge is -1.90. The molecule has 0 bridgehead atoms. The van der Waals surface area contributed by atoms with E-state index in [4.69, 9.17) is 11.5 Å². The average molecular weight is 230 g/mol. The smallest absolute Gasteiger partial charge is 0.303 e. The van der Waals surface area contributed by atoms with E-state index in [9.17, 15) is 4.79 Å². The fourth-order valence-corrected chi connectivity index (χ4v) is 1.07. The van der Waals surface area contributed by atoms with Crippen LogP contribution in [0.1, 0.15) is 38.5 Å². The number of aliphatic carboxylic acids is 1. The van der Waals surface area contributed by atoms with Gasteiger partial charge in [-0.3, -0.25) is 4.79 Å². The first-order chi connectivity index (χ1) is 8.27. The van der Waals surface area contributed by atoms with Gasteiger partial charge in [0, 0.05) is 19.3 Å². The SMILES string of the molecule is C#CCC/C=C/C=C/C#CCCCCC(=O)O. The molecule has 0 aromatic carbocycles. The molecular weight excluding hydrogens is 212 g/mol. The van der Waals surface area contributed by atoms with Crippen LogP contribution in [-0.4, -0.2) is 11.1 Å². The summed E-state index contributed by atoms with van der Waals surface area (Å²) >= 11 is 0. The Morgan fingerprint density at radius 1 is 1.24 bits per heavy atom. The minimum Gasteiger partial charge on any atom is -0.481 e. The van der Waals surface area contributed by atoms with Crippen LogP contribution in [-0.2, 0) is 4.79 Å². The maximum atomic E-state index is 10.2. The molecule has 0 unspecified atom stereocenters. The van der Waals surface area contributed by atoms with Gasteiger partial charge in [0.1, 0.15) is 0 Å². The van der Waals surface area contributed by atoms with Crippen molar-refractivity contribution in [3.05, 3.63) is 24.3 Å². The van der Waals surface area contributed by atoms with E-state index in [2.05, 4.69) is 17.8 Å². The number of carboxylic acids is 1. The van der Waals surface area contributed by atoms with Crippen LogP contribution < -0.4 is 0 Å². The summed E-state index contributed by atoms with van der Waals surface area (Å²) in [4.78, 5) is 10.2. The van der Waals surface area contributed by atoms with E-state index in [1.807, 2.05) is 18.2 Å². The van der Waals surface area contributed by atoms with E-state index in [1.165, 1.54) is 0 Å². The zero-order valence-corrected chi connectivity index (χ0v) is 9.98. The molecule has 0 heterocycles.